The molecule has 0 unspecified atom stereocenters. The van der Waals surface area contributed by atoms with Gasteiger partial charge in [-0.05, 0) is 25.0 Å². The van der Waals surface area contributed by atoms with Crippen LogP contribution in [0.3, 0.4) is 0 Å². The number of hydrogen-bond acceptors (Lipinski definition) is 6. The fourth-order valence-corrected chi connectivity index (χ4v) is 3.15. The van der Waals surface area contributed by atoms with Crippen LogP contribution in [0.2, 0.25) is 0 Å². The maximum atomic E-state index is 11.7. The molecule has 0 spiro atoms. The first-order valence-corrected chi connectivity index (χ1v) is 8.96. The maximum Gasteiger partial charge on any atom is 0.235 e. The second-order valence-corrected chi connectivity index (χ2v) is 6.52. The van der Waals surface area contributed by atoms with Gasteiger partial charge in [-0.15, -0.1) is 0 Å². The summed E-state index contributed by atoms with van der Waals surface area (Å²) in [5.74, 6) is 2.05. The van der Waals surface area contributed by atoms with Gasteiger partial charge in [-0.25, -0.2) is 9.97 Å². The highest BCUT2D eigenvalue weighted by Gasteiger charge is 2.13. The van der Waals surface area contributed by atoms with Gasteiger partial charge in [-0.2, -0.15) is 11.8 Å². The second-order valence-electron chi connectivity index (χ2n) is 5.41. The minimum atomic E-state index is -0.0729. The van der Waals surface area contributed by atoms with Crippen LogP contribution in [-0.4, -0.2) is 40.1 Å². The zero-order valence-electron chi connectivity index (χ0n) is 12.8. The monoisotopic (exact) mass is 324 g/mol. The Kier molecular flexibility index (Phi) is 7.45. The second kappa shape index (κ2) is 9.63. The molecule has 6 nitrogen and oxygen atoms in total. The number of anilines is 2. The fraction of sp³-hybridized carbons (Fsp3) is 0.667. The van der Waals surface area contributed by atoms with Gasteiger partial charge in [0.15, 0.2) is 0 Å². The standard InChI is InChI=1S/C15H24N4O2S/c16-13-9-14(18-11-17-13)19-15(20)10-22-8-4-7-21-12-5-2-1-3-6-12/h9,11-12H,1-8,10H2,(H3,16,17,18,19,20). The zero-order chi connectivity index (χ0) is 15.6. The Morgan fingerprint density at radius 3 is 2.95 bits per heavy atom. The van der Waals surface area contributed by atoms with Crippen LogP contribution in [0.25, 0.3) is 0 Å². The van der Waals surface area contributed by atoms with Gasteiger partial charge in [0.1, 0.15) is 18.0 Å². The molecule has 0 aliphatic heterocycles. The number of ether oxygens (including phenoxy) is 1. The van der Waals surface area contributed by atoms with E-state index in [1.165, 1.54) is 38.4 Å². The van der Waals surface area contributed by atoms with Gasteiger partial charge >= 0.3 is 0 Å². The number of carbonyl (C=O) groups is 1. The summed E-state index contributed by atoms with van der Waals surface area (Å²) < 4.78 is 5.85. The molecule has 1 heterocycles. The molecule has 1 saturated carbocycles. The van der Waals surface area contributed by atoms with Crippen LogP contribution in [0, 0.1) is 0 Å². The molecule has 22 heavy (non-hydrogen) atoms. The van der Waals surface area contributed by atoms with Crippen molar-refractivity contribution in [1.29, 1.82) is 0 Å². The first kappa shape index (κ1) is 17.0. The van der Waals surface area contributed by atoms with E-state index in [1.54, 1.807) is 17.8 Å². The van der Waals surface area contributed by atoms with Crippen LogP contribution in [0.5, 0.6) is 0 Å². The van der Waals surface area contributed by atoms with Crippen molar-refractivity contribution in [1.82, 2.24) is 9.97 Å². The van der Waals surface area contributed by atoms with Crippen LogP contribution < -0.4 is 11.1 Å². The molecule has 1 aliphatic rings. The smallest absolute Gasteiger partial charge is 0.235 e. The number of amides is 1. The molecule has 0 saturated heterocycles. The van der Waals surface area contributed by atoms with Crippen molar-refractivity contribution in [3.63, 3.8) is 0 Å². The molecule has 1 aromatic rings. The highest BCUT2D eigenvalue weighted by atomic mass is 32.2. The molecule has 7 heteroatoms. The summed E-state index contributed by atoms with van der Waals surface area (Å²) >= 11 is 1.60. The third-order valence-corrected chi connectivity index (χ3v) is 4.57. The van der Waals surface area contributed by atoms with Crippen LogP contribution in [0.4, 0.5) is 11.6 Å². The molecule has 1 aliphatic carbocycles. The summed E-state index contributed by atoms with van der Waals surface area (Å²) in [4.78, 5) is 19.5. The highest BCUT2D eigenvalue weighted by molar-refractivity contribution is 7.99. The Balaban J connectivity index is 1.50. The molecule has 1 aromatic heterocycles. The number of aromatic nitrogens is 2. The van der Waals surface area contributed by atoms with E-state index in [2.05, 4.69) is 15.3 Å². The first-order valence-electron chi connectivity index (χ1n) is 7.81. The Bertz CT molecular complexity index is 467. The zero-order valence-corrected chi connectivity index (χ0v) is 13.6. The number of nitrogens with two attached hydrogens (primary N) is 1. The van der Waals surface area contributed by atoms with Crippen LogP contribution in [0.1, 0.15) is 38.5 Å². The molecule has 3 N–H and O–H groups in total. The predicted octanol–water partition coefficient (Wildman–Crippen LogP) is 2.47. The molecule has 0 atom stereocenters. The van der Waals surface area contributed by atoms with Crippen LogP contribution in [0.15, 0.2) is 12.4 Å². The SMILES string of the molecule is Nc1cc(NC(=O)CSCCCOC2CCCCC2)ncn1. The Morgan fingerprint density at radius 1 is 1.36 bits per heavy atom. The van der Waals surface area contributed by atoms with Gasteiger partial charge < -0.3 is 15.8 Å². The number of hydrogen-bond donors (Lipinski definition) is 2. The Labute approximate surface area is 135 Å². The number of thioether (sulfide) groups is 1. The lowest BCUT2D eigenvalue weighted by atomic mass is 9.98. The average Bonchev–Trinajstić information content (AvgIpc) is 2.52. The van der Waals surface area contributed by atoms with Crippen molar-refractivity contribution < 1.29 is 9.53 Å². The lowest BCUT2D eigenvalue weighted by Gasteiger charge is -2.21. The number of nitrogens with zero attached hydrogens (tertiary/aromatic N) is 2. The number of carbonyl (C=O) groups excluding carboxylic acids is 1. The quantitative estimate of drug-likeness (QED) is 0.714. The maximum absolute atomic E-state index is 11.7. The molecule has 0 radical (unpaired) electrons. The summed E-state index contributed by atoms with van der Waals surface area (Å²) in [7, 11) is 0. The van der Waals surface area contributed by atoms with Gasteiger partial charge in [-0.1, -0.05) is 19.3 Å². The predicted molar refractivity (Wildman–Crippen MR) is 89.8 cm³/mol. The van der Waals surface area contributed by atoms with Crippen molar-refractivity contribution in [2.75, 3.05) is 29.2 Å². The van der Waals surface area contributed by atoms with Gasteiger partial charge in [0.2, 0.25) is 5.91 Å². The Hall–Kier alpha value is -1.34. The van der Waals surface area contributed by atoms with Gasteiger partial charge in [0, 0.05) is 12.7 Å². The highest BCUT2D eigenvalue weighted by Crippen LogP contribution is 2.20. The van der Waals surface area contributed by atoms with E-state index in [-0.39, 0.29) is 5.91 Å². The normalized spacial score (nSPS) is 15.6. The van der Waals surface area contributed by atoms with E-state index in [0.29, 0.717) is 23.5 Å². The summed E-state index contributed by atoms with van der Waals surface area (Å²) in [6, 6.07) is 1.54. The minimum Gasteiger partial charge on any atom is -0.384 e. The van der Waals surface area contributed by atoms with E-state index < -0.39 is 0 Å². The van der Waals surface area contributed by atoms with E-state index in [1.807, 2.05) is 0 Å². The van der Waals surface area contributed by atoms with Gasteiger partial charge in [-0.3, -0.25) is 4.79 Å². The summed E-state index contributed by atoms with van der Waals surface area (Å²) in [6.45, 7) is 0.793. The van der Waals surface area contributed by atoms with E-state index in [9.17, 15) is 4.79 Å². The largest absolute Gasteiger partial charge is 0.384 e. The minimum absolute atomic E-state index is 0.0729. The molecule has 0 aromatic carbocycles. The van der Waals surface area contributed by atoms with Gasteiger partial charge in [0.25, 0.3) is 0 Å². The number of nitrogens with one attached hydrogen (secondary N) is 1. The Morgan fingerprint density at radius 2 is 2.18 bits per heavy atom. The fourth-order valence-electron chi connectivity index (χ4n) is 2.43. The van der Waals surface area contributed by atoms with Crippen molar-refractivity contribution in [2.24, 2.45) is 0 Å². The number of nitrogen functional groups attached to an aromatic ring is 1. The lowest BCUT2D eigenvalue weighted by molar-refractivity contribution is -0.113. The molecule has 1 amide bonds. The molecule has 2 rings (SSSR count). The van der Waals surface area contributed by atoms with E-state index in [0.717, 1.165) is 18.8 Å². The van der Waals surface area contributed by atoms with Gasteiger partial charge in [0.05, 0.1) is 11.9 Å². The average molecular weight is 324 g/mol. The molecule has 0 bridgehead atoms. The van der Waals surface area contributed by atoms with Crippen molar-refractivity contribution in [3.8, 4) is 0 Å². The van der Waals surface area contributed by atoms with Crippen LogP contribution >= 0.6 is 11.8 Å². The third kappa shape index (κ3) is 6.62. The first-order chi connectivity index (χ1) is 10.7. The van der Waals surface area contributed by atoms with E-state index in [4.69, 9.17) is 10.5 Å². The number of rotatable bonds is 8. The molecular weight excluding hydrogens is 300 g/mol. The van der Waals surface area contributed by atoms with E-state index >= 15 is 0 Å². The third-order valence-electron chi connectivity index (χ3n) is 3.53. The molecule has 1 fully saturated rings. The van der Waals surface area contributed by atoms with Crippen molar-refractivity contribution in [2.45, 2.75) is 44.6 Å². The van der Waals surface area contributed by atoms with Crippen LogP contribution in [-0.2, 0) is 9.53 Å². The summed E-state index contributed by atoms with van der Waals surface area (Å²) in [5.41, 5.74) is 5.53. The summed E-state index contributed by atoms with van der Waals surface area (Å²) in [5, 5.41) is 2.70. The van der Waals surface area contributed by atoms with Crippen molar-refractivity contribution in [3.05, 3.63) is 12.4 Å². The molecular formula is C15H24N4O2S. The topological polar surface area (TPSA) is 90.1 Å². The molecule has 122 valence electrons. The lowest BCUT2D eigenvalue weighted by Crippen LogP contribution is -2.18. The van der Waals surface area contributed by atoms with Crippen molar-refractivity contribution >= 4 is 29.3 Å². The summed E-state index contributed by atoms with van der Waals surface area (Å²) in [6.07, 6.45) is 9.14.